The first-order chi connectivity index (χ1) is 8.69. The number of hydrogen-bond donors (Lipinski definition) is 1. The van der Waals surface area contributed by atoms with Crippen molar-refractivity contribution in [2.75, 3.05) is 6.54 Å². The average molecular weight is 251 g/mol. The Kier molecular flexibility index (Phi) is 4.23. The maximum Gasteiger partial charge on any atom is 0.131 e. The van der Waals surface area contributed by atoms with Crippen molar-refractivity contribution in [3.05, 3.63) is 29.1 Å². The number of benzene rings is 1. The zero-order chi connectivity index (χ0) is 13.1. The molecule has 3 heteroatoms. The normalized spacial score (nSPS) is 21.8. The molecule has 0 bridgehead atoms. The zero-order valence-corrected chi connectivity index (χ0v) is 11.4. The highest BCUT2D eigenvalue weighted by atomic mass is 19.1. The molecular weight excluding hydrogens is 229 g/mol. The summed E-state index contributed by atoms with van der Waals surface area (Å²) in [7, 11) is 0. The van der Waals surface area contributed by atoms with Gasteiger partial charge in [-0.25, -0.2) is 4.39 Å². The van der Waals surface area contributed by atoms with E-state index in [0.29, 0.717) is 0 Å². The van der Waals surface area contributed by atoms with Gasteiger partial charge in [-0.3, -0.25) is 0 Å². The number of ether oxygens (including phenoxy) is 1. The quantitative estimate of drug-likeness (QED) is 0.860. The van der Waals surface area contributed by atoms with E-state index >= 15 is 0 Å². The Bertz CT molecular complexity index is 419. The minimum Gasteiger partial charge on any atom is -0.488 e. The van der Waals surface area contributed by atoms with E-state index in [4.69, 9.17) is 4.74 Å². The molecule has 1 aromatic rings. The predicted octanol–water partition coefficient (Wildman–Crippen LogP) is 3.74. The van der Waals surface area contributed by atoms with E-state index in [9.17, 15) is 4.39 Å². The van der Waals surface area contributed by atoms with E-state index < -0.39 is 0 Å². The summed E-state index contributed by atoms with van der Waals surface area (Å²) >= 11 is 0. The summed E-state index contributed by atoms with van der Waals surface area (Å²) < 4.78 is 20.0. The maximum absolute atomic E-state index is 14.0. The van der Waals surface area contributed by atoms with Gasteiger partial charge in [0, 0.05) is 0 Å². The molecule has 0 aromatic heterocycles. The van der Waals surface area contributed by atoms with Crippen LogP contribution in [0.3, 0.4) is 0 Å². The molecule has 1 aliphatic rings. The van der Waals surface area contributed by atoms with Crippen molar-refractivity contribution in [3.8, 4) is 5.75 Å². The SMILES string of the molecule is CCCNC1c2c(F)ccc(C)c2OC1CCC. The van der Waals surface area contributed by atoms with Gasteiger partial charge in [0.15, 0.2) is 0 Å². The second-order valence-corrected chi connectivity index (χ2v) is 4.98. The van der Waals surface area contributed by atoms with Gasteiger partial charge in [0.2, 0.25) is 0 Å². The third-order valence-corrected chi connectivity index (χ3v) is 3.48. The fraction of sp³-hybridized carbons (Fsp3) is 0.600. The van der Waals surface area contributed by atoms with Gasteiger partial charge < -0.3 is 10.1 Å². The number of halogens is 1. The fourth-order valence-corrected chi connectivity index (χ4v) is 2.58. The van der Waals surface area contributed by atoms with E-state index in [-0.39, 0.29) is 18.0 Å². The topological polar surface area (TPSA) is 21.3 Å². The Morgan fingerprint density at radius 2 is 2.06 bits per heavy atom. The third-order valence-electron chi connectivity index (χ3n) is 3.48. The molecule has 0 saturated carbocycles. The number of hydrogen-bond acceptors (Lipinski definition) is 2. The molecule has 0 saturated heterocycles. The molecule has 2 unspecified atom stereocenters. The Balaban J connectivity index is 2.32. The van der Waals surface area contributed by atoms with Crippen molar-refractivity contribution in [2.45, 2.75) is 52.2 Å². The molecule has 0 radical (unpaired) electrons. The van der Waals surface area contributed by atoms with E-state index in [1.807, 2.05) is 6.92 Å². The van der Waals surface area contributed by atoms with Gasteiger partial charge in [0.25, 0.3) is 0 Å². The van der Waals surface area contributed by atoms with E-state index in [2.05, 4.69) is 19.2 Å². The molecule has 2 nitrogen and oxygen atoms in total. The highest BCUT2D eigenvalue weighted by Gasteiger charge is 2.36. The molecule has 2 rings (SSSR count). The number of aryl methyl sites for hydroxylation is 1. The Morgan fingerprint density at radius 1 is 1.28 bits per heavy atom. The summed E-state index contributed by atoms with van der Waals surface area (Å²) in [6.07, 6.45) is 3.10. The lowest BCUT2D eigenvalue weighted by molar-refractivity contribution is 0.177. The summed E-state index contributed by atoms with van der Waals surface area (Å²) in [5.74, 6) is 0.602. The first kappa shape index (κ1) is 13.3. The van der Waals surface area contributed by atoms with Crippen molar-refractivity contribution in [1.82, 2.24) is 5.32 Å². The van der Waals surface area contributed by atoms with Crippen molar-refractivity contribution >= 4 is 0 Å². The van der Waals surface area contributed by atoms with Gasteiger partial charge in [-0.1, -0.05) is 26.3 Å². The van der Waals surface area contributed by atoms with E-state index in [0.717, 1.165) is 42.7 Å². The number of nitrogens with one attached hydrogen (secondary N) is 1. The summed E-state index contributed by atoms with van der Waals surface area (Å²) in [6, 6.07) is 3.34. The molecule has 0 aliphatic carbocycles. The van der Waals surface area contributed by atoms with Gasteiger partial charge in [0.1, 0.15) is 17.7 Å². The second-order valence-electron chi connectivity index (χ2n) is 4.98. The number of fused-ring (bicyclic) bond motifs is 1. The molecule has 0 amide bonds. The van der Waals surface area contributed by atoms with E-state index in [1.54, 1.807) is 12.1 Å². The lowest BCUT2D eigenvalue weighted by Gasteiger charge is -2.19. The summed E-state index contributed by atoms with van der Waals surface area (Å²) in [6.45, 7) is 7.11. The Morgan fingerprint density at radius 3 is 2.72 bits per heavy atom. The second kappa shape index (κ2) is 5.70. The van der Waals surface area contributed by atoms with Crippen LogP contribution in [0.15, 0.2) is 12.1 Å². The molecule has 1 N–H and O–H groups in total. The van der Waals surface area contributed by atoms with Gasteiger partial charge in [0.05, 0.1) is 11.6 Å². The monoisotopic (exact) mass is 251 g/mol. The van der Waals surface area contributed by atoms with Crippen molar-refractivity contribution < 1.29 is 9.13 Å². The van der Waals surface area contributed by atoms with Crippen LogP contribution in [0, 0.1) is 12.7 Å². The average Bonchev–Trinajstić information content (AvgIpc) is 2.72. The van der Waals surface area contributed by atoms with Gasteiger partial charge in [-0.05, 0) is 37.9 Å². The van der Waals surface area contributed by atoms with Crippen molar-refractivity contribution in [1.29, 1.82) is 0 Å². The van der Waals surface area contributed by atoms with Crippen molar-refractivity contribution in [2.24, 2.45) is 0 Å². The standard InChI is InChI=1S/C15H22FNO/c1-4-6-12-14(17-9-5-2)13-11(16)8-7-10(3)15(13)18-12/h7-8,12,14,17H,4-6,9H2,1-3H3. The Hall–Kier alpha value is -1.09. The zero-order valence-electron chi connectivity index (χ0n) is 11.4. The molecule has 100 valence electrons. The largest absolute Gasteiger partial charge is 0.488 e. The molecule has 1 aromatic carbocycles. The molecule has 2 atom stereocenters. The van der Waals surface area contributed by atoms with Gasteiger partial charge in [-0.15, -0.1) is 0 Å². The first-order valence-electron chi connectivity index (χ1n) is 6.88. The molecular formula is C15H22FNO. The lowest BCUT2D eigenvalue weighted by atomic mass is 9.98. The lowest BCUT2D eigenvalue weighted by Crippen LogP contribution is -2.31. The van der Waals surface area contributed by atoms with Gasteiger partial charge >= 0.3 is 0 Å². The van der Waals surface area contributed by atoms with Crippen LogP contribution in [0.25, 0.3) is 0 Å². The molecule has 0 spiro atoms. The smallest absolute Gasteiger partial charge is 0.131 e. The number of rotatable bonds is 5. The third kappa shape index (κ3) is 2.37. The van der Waals surface area contributed by atoms with Crippen LogP contribution < -0.4 is 10.1 Å². The molecule has 1 aliphatic heterocycles. The van der Waals surface area contributed by atoms with Crippen LogP contribution in [0.1, 0.15) is 50.3 Å². The minimum atomic E-state index is -0.150. The highest BCUT2D eigenvalue weighted by molar-refractivity contribution is 5.47. The summed E-state index contributed by atoms with van der Waals surface area (Å²) in [4.78, 5) is 0. The van der Waals surface area contributed by atoms with Gasteiger partial charge in [-0.2, -0.15) is 0 Å². The fourth-order valence-electron chi connectivity index (χ4n) is 2.58. The maximum atomic E-state index is 14.0. The molecule has 1 heterocycles. The van der Waals surface area contributed by atoms with Crippen LogP contribution >= 0.6 is 0 Å². The molecule has 0 fully saturated rings. The summed E-state index contributed by atoms with van der Waals surface area (Å²) in [5, 5.41) is 3.43. The Labute approximate surface area is 109 Å². The summed E-state index contributed by atoms with van der Waals surface area (Å²) in [5.41, 5.74) is 1.75. The van der Waals surface area contributed by atoms with Crippen LogP contribution in [-0.2, 0) is 0 Å². The van der Waals surface area contributed by atoms with Crippen LogP contribution in [0.5, 0.6) is 5.75 Å². The predicted molar refractivity (Wildman–Crippen MR) is 71.5 cm³/mol. The van der Waals surface area contributed by atoms with Crippen LogP contribution in [0.4, 0.5) is 4.39 Å². The van der Waals surface area contributed by atoms with Crippen molar-refractivity contribution in [3.63, 3.8) is 0 Å². The van der Waals surface area contributed by atoms with Crippen LogP contribution in [0.2, 0.25) is 0 Å². The first-order valence-corrected chi connectivity index (χ1v) is 6.88. The van der Waals surface area contributed by atoms with Crippen LogP contribution in [-0.4, -0.2) is 12.6 Å². The minimum absolute atomic E-state index is 0.000185. The molecule has 18 heavy (non-hydrogen) atoms. The van der Waals surface area contributed by atoms with E-state index in [1.165, 1.54) is 0 Å². The highest BCUT2D eigenvalue weighted by Crippen LogP contribution is 2.42.